The molecule has 0 bridgehead atoms. The van der Waals surface area contributed by atoms with Crippen LogP contribution in [0.4, 0.5) is 9.18 Å². The number of ketones is 1. The summed E-state index contributed by atoms with van der Waals surface area (Å²) in [6, 6.07) is 10.8. The van der Waals surface area contributed by atoms with E-state index in [1.54, 1.807) is 18.2 Å². The van der Waals surface area contributed by atoms with Gasteiger partial charge in [0.2, 0.25) is 0 Å². The Balaban J connectivity index is 1.78. The number of amides is 1. The second kappa shape index (κ2) is 8.65. The van der Waals surface area contributed by atoms with Crippen molar-refractivity contribution in [1.82, 2.24) is 19.7 Å². The minimum atomic E-state index is -1.29. The Bertz CT molecular complexity index is 1130. The molecule has 1 aromatic carbocycles. The van der Waals surface area contributed by atoms with Gasteiger partial charge in [-0.15, -0.1) is 11.3 Å². The third-order valence-corrected chi connectivity index (χ3v) is 5.33. The molecule has 10 heteroatoms. The van der Waals surface area contributed by atoms with E-state index in [2.05, 4.69) is 5.10 Å². The largest absolute Gasteiger partial charge is 0.465 e. The summed E-state index contributed by atoms with van der Waals surface area (Å²) in [6.45, 7) is 1.09. The number of nitrogens with zero attached hydrogens (tertiary/aromatic N) is 3. The van der Waals surface area contributed by atoms with Gasteiger partial charge in [-0.1, -0.05) is 12.1 Å². The lowest BCUT2D eigenvalue weighted by Crippen LogP contribution is -2.29. The molecule has 0 unspecified atom stereocenters. The Kier molecular flexibility index (Phi) is 6.03. The second-order valence-corrected chi connectivity index (χ2v) is 7.22. The molecule has 29 heavy (non-hydrogen) atoms. The molecule has 0 saturated carbocycles. The Morgan fingerprint density at radius 2 is 1.97 bits per heavy atom. The molecule has 3 rings (SSSR count). The van der Waals surface area contributed by atoms with E-state index in [4.69, 9.17) is 5.11 Å². The molecule has 0 spiro atoms. The number of Topliss-reactive ketones (excluding diaryl/α,β-unsaturated/α-hetero) is 1. The molecule has 0 aliphatic carbocycles. The highest BCUT2D eigenvalue weighted by Gasteiger charge is 2.11. The van der Waals surface area contributed by atoms with Crippen molar-refractivity contribution in [2.45, 2.75) is 13.5 Å². The summed E-state index contributed by atoms with van der Waals surface area (Å²) in [6.07, 6.45) is 0.284. The van der Waals surface area contributed by atoms with Crippen LogP contribution in [-0.2, 0) is 6.54 Å². The number of nitrogens with one attached hydrogen (secondary N) is 1. The first-order valence-corrected chi connectivity index (χ1v) is 9.31. The minimum absolute atomic E-state index is 0.0112. The summed E-state index contributed by atoms with van der Waals surface area (Å²) >= 11 is 1.39. The molecular weight excluding hydrogens is 399 g/mol. The highest BCUT2D eigenvalue weighted by atomic mass is 32.1. The van der Waals surface area contributed by atoms with Gasteiger partial charge in [-0.2, -0.15) is 5.10 Å². The van der Waals surface area contributed by atoms with E-state index >= 15 is 0 Å². The number of thiophene rings is 1. The first kappa shape index (κ1) is 20.2. The molecule has 0 fully saturated rings. The van der Waals surface area contributed by atoms with Crippen LogP contribution in [0.25, 0.3) is 16.1 Å². The number of hydrogen-bond acceptors (Lipinski definition) is 5. The monoisotopic (exact) mass is 416 g/mol. The van der Waals surface area contributed by atoms with Crippen LogP contribution in [0.5, 0.6) is 0 Å². The Morgan fingerprint density at radius 1 is 1.24 bits per heavy atom. The van der Waals surface area contributed by atoms with E-state index in [1.807, 2.05) is 23.5 Å². The zero-order chi connectivity index (χ0) is 21.0. The van der Waals surface area contributed by atoms with E-state index in [9.17, 15) is 18.8 Å². The normalized spacial score (nSPS) is 11.4. The lowest BCUT2D eigenvalue weighted by molar-refractivity contribution is 0.102. The Labute approximate surface area is 168 Å². The van der Waals surface area contributed by atoms with Crippen LogP contribution in [0.15, 0.2) is 59.4 Å². The zero-order valence-corrected chi connectivity index (χ0v) is 16.1. The average Bonchev–Trinajstić information content (AvgIpc) is 3.33. The van der Waals surface area contributed by atoms with E-state index in [0.717, 1.165) is 15.1 Å². The van der Waals surface area contributed by atoms with Gasteiger partial charge in [0.25, 0.3) is 0 Å². The first-order valence-electron chi connectivity index (χ1n) is 8.50. The highest BCUT2D eigenvalue weighted by molar-refractivity contribution is 7.17. The van der Waals surface area contributed by atoms with Gasteiger partial charge >= 0.3 is 11.8 Å². The fraction of sp³-hybridized carbons (Fsp3) is 0.158. The van der Waals surface area contributed by atoms with Crippen LogP contribution in [0.1, 0.15) is 16.6 Å². The zero-order valence-electron chi connectivity index (χ0n) is 15.3. The lowest BCUT2D eigenvalue weighted by atomic mass is 10.1. The van der Waals surface area contributed by atoms with Crippen LogP contribution in [0.2, 0.25) is 0 Å². The summed E-state index contributed by atoms with van der Waals surface area (Å²) in [7, 11) is 0. The SMILES string of the molecule is CC(=O)c1ccc(-c2ccc(-n3cnn(CC(=CF)CNC(=O)O)c3=O)cc2)s1. The van der Waals surface area contributed by atoms with Crippen LogP contribution in [0.3, 0.4) is 0 Å². The van der Waals surface area contributed by atoms with Gasteiger partial charge in [-0.25, -0.2) is 23.2 Å². The number of rotatable bonds is 7. The van der Waals surface area contributed by atoms with Crippen molar-refractivity contribution in [3.05, 3.63) is 70.0 Å². The van der Waals surface area contributed by atoms with Gasteiger partial charge in [0.15, 0.2) is 5.78 Å². The predicted octanol–water partition coefficient (Wildman–Crippen LogP) is 3.09. The van der Waals surface area contributed by atoms with E-state index in [1.165, 1.54) is 29.2 Å². The molecule has 0 aliphatic rings. The van der Waals surface area contributed by atoms with Gasteiger partial charge in [-0.3, -0.25) is 4.79 Å². The van der Waals surface area contributed by atoms with E-state index in [-0.39, 0.29) is 30.8 Å². The van der Waals surface area contributed by atoms with Crippen molar-refractivity contribution >= 4 is 23.2 Å². The van der Waals surface area contributed by atoms with Gasteiger partial charge < -0.3 is 10.4 Å². The van der Waals surface area contributed by atoms with Crippen LogP contribution in [-0.4, -0.2) is 37.9 Å². The van der Waals surface area contributed by atoms with E-state index in [0.29, 0.717) is 10.6 Å². The van der Waals surface area contributed by atoms with Gasteiger partial charge in [0, 0.05) is 11.4 Å². The number of carboxylic acid groups (broad SMARTS) is 1. The molecule has 0 atom stereocenters. The van der Waals surface area contributed by atoms with Crippen LogP contribution in [0, 0.1) is 0 Å². The highest BCUT2D eigenvalue weighted by Crippen LogP contribution is 2.28. The van der Waals surface area contributed by atoms with Crippen LogP contribution < -0.4 is 11.0 Å². The number of carbonyl (C=O) groups excluding carboxylic acids is 1. The summed E-state index contributed by atoms with van der Waals surface area (Å²) in [5.41, 5.74) is 1.06. The molecule has 2 aromatic heterocycles. The fourth-order valence-electron chi connectivity index (χ4n) is 2.60. The molecule has 2 heterocycles. The van der Waals surface area contributed by atoms with Gasteiger partial charge in [-0.05, 0) is 42.3 Å². The number of halogens is 1. The molecule has 150 valence electrons. The molecule has 0 saturated heterocycles. The molecule has 0 radical (unpaired) electrons. The number of aromatic nitrogens is 3. The molecule has 1 amide bonds. The summed E-state index contributed by atoms with van der Waals surface area (Å²) in [5.74, 6) is 0.0112. The lowest BCUT2D eigenvalue weighted by Gasteiger charge is -2.05. The molecule has 2 N–H and O–H groups in total. The van der Waals surface area contributed by atoms with Crippen molar-refractivity contribution in [2.24, 2.45) is 0 Å². The smallest absolute Gasteiger partial charge is 0.404 e. The third kappa shape index (κ3) is 4.66. The van der Waals surface area contributed by atoms with Crippen molar-refractivity contribution in [1.29, 1.82) is 0 Å². The number of benzene rings is 1. The number of carbonyl (C=O) groups is 2. The number of hydrogen-bond donors (Lipinski definition) is 2. The Morgan fingerprint density at radius 3 is 2.55 bits per heavy atom. The maximum absolute atomic E-state index is 12.9. The molecule has 8 nitrogen and oxygen atoms in total. The quantitative estimate of drug-likeness (QED) is 0.576. The summed E-state index contributed by atoms with van der Waals surface area (Å²) in [4.78, 5) is 36.1. The average molecular weight is 416 g/mol. The van der Waals surface area contributed by atoms with Gasteiger partial charge in [0.05, 0.1) is 23.4 Å². The topological polar surface area (TPSA) is 106 Å². The van der Waals surface area contributed by atoms with Crippen molar-refractivity contribution < 1.29 is 19.1 Å². The van der Waals surface area contributed by atoms with Gasteiger partial charge in [0.1, 0.15) is 6.33 Å². The summed E-state index contributed by atoms with van der Waals surface area (Å²) < 4.78 is 15.3. The maximum atomic E-state index is 12.9. The first-order chi connectivity index (χ1) is 13.9. The molecule has 0 aliphatic heterocycles. The fourth-order valence-corrected chi connectivity index (χ4v) is 3.51. The maximum Gasteiger partial charge on any atom is 0.404 e. The van der Waals surface area contributed by atoms with E-state index < -0.39 is 11.8 Å². The third-order valence-electron chi connectivity index (χ3n) is 4.09. The van der Waals surface area contributed by atoms with Crippen molar-refractivity contribution in [3.8, 4) is 16.1 Å². The minimum Gasteiger partial charge on any atom is -0.465 e. The second-order valence-electron chi connectivity index (χ2n) is 6.13. The predicted molar refractivity (Wildman–Crippen MR) is 106 cm³/mol. The van der Waals surface area contributed by atoms with Crippen molar-refractivity contribution in [3.63, 3.8) is 0 Å². The molecule has 3 aromatic rings. The standard InChI is InChI=1S/C19H17FN4O4S/c1-12(25)16-6-7-17(29-16)14-2-4-15(5-3-14)23-11-22-24(19(23)28)10-13(8-20)9-21-18(26)27/h2-8,11,21H,9-10H2,1H3,(H,26,27). The van der Waals surface area contributed by atoms with Crippen molar-refractivity contribution in [2.75, 3.05) is 6.54 Å². The van der Waals surface area contributed by atoms with Crippen LogP contribution >= 0.6 is 11.3 Å². The molecular formula is C19H17FN4O4S. The summed E-state index contributed by atoms with van der Waals surface area (Å²) in [5, 5.41) is 14.6. The Hall–Kier alpha value is -3.53.